The number of rotatable bonds is 5. The molecule has 0 saturated carbocycles. The predicted octanol–water partition coefficient (Wildman–Crippen LogP) is 1.25. The summed E-state index contributed by atoms with van der Waals surface area (Å²) in [5.41, 5.74) is -0.496. The van der Waals surface area contributed by atoms with E-state index in [2.05, 4.69) is 5.32 Å². The second kappa shape index (κ2) is 4.85. The largest absolute Gasteiger partial charge is 0.427 e. The molecule has 0 atom stereocenters. The Morgan fingerprint density at radius 1 is 1.36 bits per heavy atom. The van der Waals surface area contributed by atoms with Gasteiger partial charge in [0.1, 0.15) is 0 Å². The number of allylic oxidation sites excluding steroid dienone is 1. The lowest BCUT2D eigenvalue weighted by atomic mass is 9.83. The van der Waals surface area contributed by atoms with Crippen molar-refractivity contribution in [2.75, 3.05) is 7.05 Å². The molecule has 0 amide bonds. The molecule has 0 spiro atoms. The minimum Gasteiger partial charge on any atom is -0.427 e. The molecule has 0 unspecified atom stereocenters. The van der Waals surface area contributed by atoms with Crippen LogP contribution in [0.15, 0.2) is 11.7 Å². The van der Waals surface area contributed by atoms with Gasteiger partial charge in [-0.3, -0.25) is 0 Å². The molecule has 0 heterocycles. The van der Waals surface area contributed by atoms with Gasteiger partial charge in [-0.2, -0.15) is 0 Å². The average molecular weight is 198 g/mol. The summed E-state index contributed by atoms with van der Waals surface area (Å²) < 4.78 is 5.52. The minimum atomic E-state index is -0.872. The first-order valence-electron chi connectivity index (χ1n) is 4.78. The third-order valence-corrected chi connectivity index (χ3v) is 2.38. The van der Waals surface area contributed by atoms with Crippen molar-refractivity contribution < 1.29 is 9.76 Å². The van der Waals surface area contributed by atoms with E-state index in [4.69, 9.17) is 4.65 Å². The van der Waals surface area contributed by atoms with Crippen LogP contribution in [0.1, 0.15) is 34.6 Å². The summed E-state index contributed by atoms with van der Waals surface area (Å²) in [4.78, 5) is 0. The van der Waals surface area contributed by atoms with Gasteiger partial charge >= 0.3 is 7.48 Å². The average Bonchev–Trinajstić information content (AvgIpc) is 1.99. The number of nitrogens with one attached hydrogen (secondary N) is 1. The highest BCUT2D eigenvalue weighted by Gasteiger charge is 2.35. The summed E-state index contributed by atoms with van der Waals surface area (Å²) in [6.45, 7) is 9.11. The molecule has 3 nitrogen and oxygen atoms in total. The van der Waals surface area contributed by atoms with Gasteiger partial charge in [-0.25, -0.2) is 0 Å². The monoisotopic (exact) mass is 198 g/mol. The fraction of sp³-hybridized carbons (Fsp3) is 0.800. The number of hydrogen-bond donors (Lipinski definition) is 2. The minimum absolute atomic E-state index is 0.601. The molecule has 0 aliphatic carbocycles. The molecule has 0 aromatic heterocycles. The van der Waals surface area contributed by atoms with Crippen LogP contribution in [0.2, 0.25) is 0 Å². The Morgan fingerprint density at radius 3 is 2.21 bits per heavy atom. The van der Waals surface area contributed by atoms with Crippen molar-refractivity contribution in [2.45, 2.75) is 45.8 Å². The lowest BCUT2D eigenvalue weighted by Crippen LogP contribution is -2.48. The molecule has 14 heavy (non-hydrogen) atoms. The third kappa shape index (κ3) is 4.16. The zero-order valence-electron chi connectivity index (χ0n) is 10.0. The van der Waals surface area contributed by atoms with E-state index in [-0.39, 0.29) is 0 Å². The van der Waals surface area contributed by atoms with Crippen molar-refractivity contribution in [3.63, 3.8) is 0 Å². The van der Waals surface area contributed by atoms with Crippen LogP contribution in [0.3, 0.4) is 0 Å². The molecular weight excluding hydrogens is 177 g/mol. The van der Waals surface area contributed by atoms with Crippen molar-refractivity contribution in [3.05, 3.63) is 11.7 Å². The zero-order chi connectivity index (χ0) is 11.4. The molecule has 0 bridgehead atoms. The van der Waals surface area contributed by atoms with E-state index in [9.17, 15) is 5.11 Å². The quantitative estimate of drug-likeness (QED) is 0.653. The normalized spacial score (nSPS) is 14.1. The van der Waals surface area contributed by atoms with Crippen LogP contribution >= 0.6 is 0 Å². The van der Waals surface area contributed by atoms with E-state index < -0.39 is 11.2 Å². The SMILES string of the molecule is CN/C=C(\C)[B]OC(C)(C)C(C)(C)O. The fourth-order valence-electron chi connectivity index (χ4n) is 0.646. The van der Waals surface area contributed by atoms with Crippen LogP contribution < -0.4 is 5.32 Å². The Kier molecular flexibility index (Phi) is 4.68. The van der Waals surface area contributed by atoms with Gasteiger partial charge in [-0.15, -0.1) is 0 Å². The van der Waals surface area contributed by atoms with Gasteiger partial charge in [-0.1, -0.05) is 5.47 Å². The van der Waals surface area contributed by atoms with E-state index in [0.29, 0.717) is 0 Å². The van der Waals surface area contributed by atoms with Gasteiger partial charge in [0.15, 0.2) is 0 Å². The molecule has 1 radical (unpaired) electrons. The van der Waals surface area contributed by atoms with Gasteiger partial charge in [0.2, 0.25) is 0 Å². The number of aliphatic hydroxyl groups is 1. The van der Waals surface area contributed by atoms with Crippen molar-refractivity contribution >= 4 is 7.48 Å². The standard InChI is InChI=1S/C10H21BNO2/c1-8(7-12-6)11-14-10(4,5)9(2,3)13/h7,12-13H,1-6H3/b8-7+. The first kappa shape index (κ1) is 13.5. The Bertz CT molecular complexity index is 207. The highest BCUT2D eigenvalue weighted by atomic mass is 16.5. The first-order chi connectivity index (χ1) is 6.20. The van der Waals surface area contributed by atoms with Crippen molar-refractivity contribution in [1.82, 2.24) is 5.32 Å². The van der Waals surface area contributed by atoms with Crippen LogP contribution in [0.25, 0.3) is 0 Å². The van der Waals surface area contributed by atoms with E-state index in [1.165, 1.54) is 0 Å². The van der Waals surface area contributed by atoms with E-state index >= 15 is 0 Å². The Morgan fingerprint density at radius 2 is 1.86 bits per heavy atom. The molecule has 0 aliphatic rings. The highest BCUT2D eigenvalue weighted by molar-refractivity contribution is 6.37. The van der Waals surface area contributed by atoms with E-state index in [1.807, 2.05) is 34.0 Å². The molecule has 0 rings (SSSR count). The summed E-state index contributed by atoms with van der Waals surface area (Å²) in [5.74, 6) is 0. The molecular formula is C10H21BNO2. The molecule has 0 saturated heterocycles. The highest BCUT2D eigenvalue weighted by Crippen LogP contribution is 2.24. The van der Waals surface area contributed by atoms with Gasteiger partial charge < -0.3 is 15.1 Å². The molecule has 0 aromatic carbocycles. The molecule has 2 N–H and O–H groups in total. The van der Waals surface area contributed by atoms with Crippen LogP contribution in [-0.2, 0) is 4.65 Å². The Labute approximate surface area is 87.8 Å². The molecule has 81 valence electrons. The summed E-state index contributed by atoms with van der Waals surface area (Å²) in [7, 11) is 3.48. The van der Waals surface area contributed by atoms with Gasteiger partial charge in [0.25, 0.3) is 0 Å². The molecule has 4 heteroatoms. The van der Waals surface area contributed by atoms with Gasteiger partial charge in [0, 0.05) is 7.05 Å². The van der Waals surface area contributed by atoms with Crippen LogP contribution in [0.4, 0.5) is 0 Å². The maximum atomic E-state index is 9.81. The summed E-state index contributed by atoms with van der Waals surface area (Å²) >= 11 is 0. The zero-order valence-corrected chi connectivity index (χ0v) is 10.0. The van der Waals surface area contributed by atoms with Gasteiger partial charge in [-0.05, 0) is 40.8 Å². The van der Waals surface area contributed by atoms with Crippen molar-refractivity contribution in [3.8, 4) is 0 Å². The molecule has 0 aliphatic heterocycles. The number of hydrogen-bond acceptors (Lipinski definition) is 3. The fourth-order valence-corrected chi connectivity index (χ4v) is 0.646. The smallest absolute Gasteiger partial charge is 0.327 e. The lowest BCUT2D eigenvalue weighted by molar-refractivity contribution is -0.0896. The second-order valence-corrected chi connectivity index (χ2v) is 4.48. The van der Waals surface area contributed by atoms with Gasteiger partial charge in [0.05, 0.1) is 11.2 Å². The van der Waals surface area contributed by atoms with Crippen LogP contribution in [-0.4, -0.2) is 30.8 Å². The summed E-state index contributed by atoms with van der Waals surface area (Å²) in [6.07, 6.45) is 1.83. The maximum Gasteiger partial charge on any atom is 0.327 e. The van der Waals surface area contributed by atoms with Crippen LogP contribution in [0, 0.1) is 0 Å². The molecule has 0 aromatic rings. The Hall–Kier alpha value is -0.475. The summed E-state index contributed by atoms with van der Waals surface area (Å²) in [5, 5.41) is 12.7. The molecule has 0 fully saturated rings. The van der Waals surface area contributed by atoms with Crippen molar-refractivity contribution in [2.24, 2.45) is 0 Å². The Balaban J connectivity index is 4.20. The lowest BCUT2D eigenvalue weighted by Gasteiger charge is -2.37. The summed E-state index contributed by atoms with van der Waals surface area (Å²) in [6, 6.07) is 0. The first-order valence-corrected chi connectivity index (χ1v) is 4.78. The third-order valence-electron chi connectivity index (χ3n) is 2.38. The van der Waals surface area contributed by atoms with Crippen LogP contribution in [0.5, 0.6) is 0 Å². The second-order valence-electron chi connectivity index (χ2n) is 4.48. The topological polar surface area (TPSA) is 41.5 Å². The van der Waals surface area contributed by atoms with E-state index in [0.717, 1.165) is 5.47 Å². The maximum absolute atomic E-state index is 9.81. The predicted molar refractivity (Wildman–Crippen MR) is 60.0 cm³/mol. The van der Waals surface area contributed by atoms with E-state index in [1.54, 1.807) is 21.3 Å². The van der Waals surface area contributed by atoms with Crippen molar-refractivity contribution in [1.29, 1.82) is 0 Å².